The number of nitrogen functional groups attached to an aromatic ring is 2. The van der Waals surface area contributed by atoms with Gasteiger partial charge >= 0.3 is 0 Å². The van der Waals surface area contributed by atoms with E-state index in [1.807, 2.05) is 78.9 Å². The van der Waals surface area contributed by atoms with E-state index in [-0.39, 0.29) is 0 Å². The SMILES string of the molecule is Nc1ccc(Oc2ccc3c(Oc4ccc(N)cc4)c4ccccc4cc3c2)cc1. The second-order valence-electron chi connectivity index (χ2n) is 7.15. The van der Waals surface area contributed by atoms with Crippen molar-refractivity contribution in [1.29, 1.82) is 0 Å². The highest BCUT2D eigenvalue weighted by Gasteiger charge is 2.11. The summed E-state index contributed by atoms with van der Waals surface area (Å²) in [6, 6.07) is 31.1. The van der Waals surface area contributed by atoms with Crippen molar-refractivity contribution in [3.63, 3.8) is 0 Å². The lowest BCUT2D eigenvalue weighted by atomic mass is 10.0. The number of fused-ring (bicyclic) bond motifs is 2. The zero-order chi connectivity index (χ0) is 20.5. The molecule has 0 heterocycles. The molecule has 0 saturated carbocycles. The largest absolute Gasteiger partial charge is 0.457 e. The molecule has 0 atom stereocenters. The van der Waals surface area contributed by atoms with Crippen LogP contribution in [0.1, 0.15) is 0 Å². The van der Waals surface area contributed by atoms with Crippen molar-refractivity contribution >= 4 is 32.9 Å². The van der Waals surface area contributed by atoms with Crippen LogP contribution in [0, 0.1) is 0 Å². The highest BCUT2D eigenvalue weighted by molar-refractivity contribution is 6.05. The average molecular weight is 392 g/mol. The van der Waals surface area contributed by atoms with Crippen molar-refractivity contribution in [1.82, 2.24) is 0 Å². The van der Waals surface area contributed by atoms with E-state index in [2.05, 4.69) is 18.2 Å². The predicted molar refractivity (Wildman–Crippen MR) is 123 cm³/mol. The summed E-state index contributed by atoms with van der Waals surface area (Å²) in [7, 11) is 0. The van der Waals surface area contributed by atoms with Crippen molar-refractivity contribution in [2.45, 2.75) is 0 Å². The molecule has 5 aromatic rings. The summed E-state index contributed by atoms with van der Waals surface area (Å²) in [5, 5.41) is 4.19. The molecule has 4 N–H and O–H groups in total. The van der Waals surface area contributed by atoms with E-state index in [0.717, 1.165) is 44.5 Å². The normalized spacial score (nSPS) is 10.9. The molecule has 146 valence electrons. The summed E-state index contributed by atoms with van der Waals surface area (Å²) >= 11 is 0. The quantitative estimate of drug-likeness (QED) is 0.262. The highest BCUT2D eigenvalue weighted by Crippen LogP contribution is 2.39. The molecular formula is C26H20N2O2. The van der Waals surface area contributed by atoms with Crippen LogP contribution in [-0.2, 0) is 0 Å². The van der Waals surface area contributed by atoms with Gasteiger partial charge in [-0.15, -0.1) is 0 Å². The third-order valence-corrected chi connectivity index (χ3v) is 5.00. The Morgan fingerprint density at radius 3 is 1.73 bits per heavy atom. The van der Waals surface area contributed by atoms with Crippen molar-refractivity contribution in [2.75, 3.05) is 11.5 Å². The number of hydrogen-bond donors (Lipinski definition) is 2. The summed E-state index contributed by atoms with van der Waals surface area (Å²) < 4.78 is 12.3. The molecule has 0 bridgehead atoms. The first kappa shape index (κ1) is 17.9. The molecule has 0 radical (unpaired) electrons. The van der Waals surface area contributed by atoms with Crippen LogP contribution in [-0.4, -0.2) is 0 Å². The van der Waals surface area contributed by atoms with E-state index in [4.69, 9.17) is 20.9 Å². The Balaban J connectivity index is 1.61. The van der Waals surface area contributed by atoms with Crippen LogP contribution >= 0.6 is 0 Å². The van der Waals surface area contributed by atoms with E-state index in [0.29, 0.717) is 11.4 Å². The zero-order valence-electron chi connectivity index (χ0n) is 16.2. The lowest BCUT2D eigenvalue weighted by Gasteiger charge is -2.14. The molecule has 0 aliphatic rings. The van der Waals surface area contributed by atoms with Gasteiger partial charge in [-0.2, -0.15) is 0 Å². The Morgan fingerprint density at radius 1 is 0.467 bits per heavy atom. The van der Waals surface area contributed by atoms with Gasteiger partial charge in [0.25, 0.3) is 0 Å². The maximum atomic E-state index is 6.32. The van der Waals surface area contributed by atoms with Gasteiger partial charge in [0.1, 0.15) is 23.0 Å². The Kier molecular flexibility index (Phi) is 4.37. The van der Waals surface area contributed by atoms with Crippen LogP contribution < -0.4 is 20.9 Å². The molecule has 0 aromatic heterocycles. The average Bonchev–Trinajstić information content (AvgIpc) is 2.76. The summed E-state index contributed by atoms with van der Waals surface area (Å²) in [6.07, 6.45) is 0. The molecule has 0 aliphatic heterocycles. The number of hydrogen-bond acceptors (Lipinski definition) is 4. The van der Waals surface area contributed by atoms with Gasteiger partial charge in [0.2, 0.25) is 0 Å². The van der Waals surface area contributed by atoms with Crippen LogP contribution in [0.25, 0.3) is 21.5 Å². The summed E-state index contributed by atoms with van der Waals surface area (Å²) in [5.74, 6) is 3.04. The minimum atomic E-state index is 0.703. The maximum absolute atomic E-state index is 6.32. The molecule has 5 aromatic carbocycles. The van der Waals surface area contributed by atoms with Crippen molar-refractivity contribution in [2.24, 2.45) is 0 Å². The molecule has 5 rings (SSSR count). The third-order valence-electron chi connectivity index (χ3n) is 5.00. The number of nitrogens with two attached hydrogens (primary N) is 2. The summed E-state index contributed by atoms with van der Waals surface area (Å²) in [4.78, 5) is 0. The first-order chi connectivity index (χ1) is 14.7. The molecule has 0 amide bonds. The minimum absolute atomic E-state index is 0.703. The van der Waals surface area contributed by atoms with Crippen molar-refractivity contribution in [3.05, 3.63) is 97.1 Å². The van der Waals surface area contributed by atoms with Crippen molar-refractivity contribution in [3.8, 4) is 23.0 Å². The molecule has 0 unspecified atom stereocenters. The van der Waals surface area contributed by atoms with Crippen LogP contribution in [0.3, 0.4) is 0 Å². The van der Waals surface area contributed by atoms with Crippen LogP contribution in [0.5, 0.6) is 23.0 Å². The minimum Gasteiger partial charge on any atom is -0.457 e. The second kappa shape index (κ2) is 7.33. The highest BCUT2D eigenvalue weighted by atomic mass is 16.5. The topological polar surface area (TPSA) is 70.5 Å². The van der Waals surface area contributed by atoms with Gasteiger partial charge in [-0.05, 0) is 83.6 Å². The molecular weight excluding hydrogens is 372 g/mol. The van der Waals surface area contributed by atoms with E-state index < -0.39 is 0 Å². The number of rotatable bonds is 4. The molecule has 30 heavy (non-hydrogen) atoms. The molecule has 0 spiro atoms. The first-order valence-electron chi connectivity index (χ1n) is 9.68. The van der Waals surface area contributed by atoms with E-state index in [1.54, 1.807) is 0 Å². The van der Waals surface area contributed by atoms with Gasteiger partial charge in [-0.25, -0.2) is 0 Å². The van der Waals surface area contributed by atoms with E-state index in [9.17, 15) is 0 Å². The van der Waals surface area contributed by atoms with Gasteiger partial charge < -0.3 is 20.9 Å². The van der Waals surface area contributed by atoms with Gasteiger partial charge in [0.15, 0.2) is 0 Å². The molecule has 4 heteroatoms. The van der Waals surface area contributed by atoms with Gasteiger partial charge in [0.05, 0.1) is 0 Å². The fraction of sp³-hybridized carbons (Fsp3) is 0. The second-order valence-corrected chi connectivity index (χ2v) is 7.15. The zero-order valence-corrected chi connectivity index (χ0v) is 16.2. The lowest BCUT2D eigenvalue weighted by Crippen LogP contribution is -1.91. The Morgan fingerprint density at radius 2 is 1.03 bits per heavy atom. The van der Waals surface area contributed by atoms with E-state index in [1.165, 1.54) is 0 Å². The third kappa shape index (κ3) is 3.47. The maximum Gasteiger partial charge on any atom is 0.143 e. The fourth-order valence-corrected chi connectivity index (χ4v) is 3.51. The Labute approximate surface area is 174 Å². The molecule has 4 nitrogen and oxygen atoms in total. The lowest BCUT2D eigenvalue weighted by molar-refractivity contribution is 0.483. The Bertz CT molecular complexity index is 1340. The summed E-state index contributed by atoms with van der Waals surface area (Å²) in [5.41, 5.74) is 13.0. The monoisotopic (exact) mass is 392 g/mol. The van der Waals surface area contributed by atoms with E-state index >= 15 is 0 Å². The van der Waals surface area contributed by atoms with Crippen LogP contribution in [0.15, 0.2) is 97.1 Å². The van der Waals surface area contributed by atoms with Crippen molar-refractivity contribution < 1.29 is 9.47 Å². The number of benzene rings is 5. The molecule has 0 fully saturated rings. The first-order valence-corrected chi connectivity index (χ1v) is 9.68. The number of ether oxygens (including phenoxy) is 2. The summed E-state index contributed by atoms with van der Waals surface area (Å²) in [6.45, 7) is 0. The molecule has 0 saturated heterocycles. The molecule has 0 aliphatic carbocycles. The number of anilines is 2. The smallest absolute Gasteiger partial charge is 0.143 e. The fourth-order valence-electron chi connectivity index (χ4n) is 3.51. The van der Waals surface area contributed by atoms with Gasteiger partial charge in [0, 0.05) is 22.1 Å². The predicted octanol–water partition coefficient (Wildman–Crippen LogP) is 6.74. The van der Waals surface area contributed by atoms with Crippen LogP contribution in [0.4, 0.5) is 11.4 Å². The van der Waals surface area contributed by atoms with Crippen LogP contribution in [0.2, 0.25) is 0 Å². The standard InChI is InChI=1S/C26H20N2O2/c27-19-5-9-21(10-6-19)29-23-13-14-25-18(16-23)15-17-3-1-2-4-24(17)26(25)30-22-11-7-20(28)8-12-22/h1-16H,27-28H2. The van der Waals surface area contributed by atoms with Gasteiger partial charge in [-0.1, -0.05) is 24.3 Å². The van der Waals surface area contributed by atoms with Gasteiger partial charge in [-0.3, -0.25) is 0 Å². The Hall–Kier alpha value is -4.18.